The van der Waals surface area contributed by atoms with Gasteiger partial charge in [-0.25, -0.2) is 9.07 Å². The Morgan fingerprint density at radius 1 is 1.56 bits per heavy atom. The largest absolute Gasteiger partial charge is 0.398 e. The average Bonchev–Trinajstić information content (AvgIpc) is 2.69. The van der Waals surface area contributed by atoms with Crippen LogP contribution in [-0.4, -0.2) is 26.0 Å². The Hall–Kier alpha value is -2.02. The summed E-state index contributed by atoms with van der Waals surface area (Å²) in [7, 11) is 1.61. The summed E-state index contributed by atoms with van der Waals surface area (Å²) in [5, 5.41) is 10.6. The maximum absolute atomic E-state index is 13.3. The van der Waals surface area contributed by atoms with Gasteiger partial charge in [-0.05, 0) is 22.6 Å². The number of aromatic nitrogens is 4. The minimum absolute atomic E-state index is 0.0607. The van der Waals surface area contributed by atoms with Gasteiger partial charge in [-0.1, -0.05) is 11.6 Å². The van der Waals surface area contributed by atoms with E-state index >= 15 is 0 Å². The summed E-state index contributed by atoms with van der Waals surface area (Å²) >= 11 is 5.56. The fourth-order valence-electron chi connectivity index (χ4n) is 1.44. The fourth-order valence-corrected chi connectivity index (χ4v) is 1.61. The van der Waals surface area contributed by atoms with Crippen LogP contribution in [-0.2, 0) is 13.5 Å². The molecular formula is C10H9ClFN5O. The first-order valence-corrected chi connectivity index (χ1v) is 5.35. The predicted molar refractivity (Wildman–Crippen MR) is 62.7 cm³/mol. The first kappa shape index (κ1) is 12.4. The van der Waals surface area contributed by atoms with Crippen LogP contribution < -0.4 is 5.73 Å². The lowest BCUT2D eigenvalue weighted by atomic mass is 10.1. The molecule has 0 aliphatic carbocycles. The first-order chi connectivity index (χ1) is 8.49. The topological polar surface area (TPSA) is 86.7 Å². The number of benzene rings is 1. The van der Waals surface area contributed by atoms with E-state index in [1.807, 2.05) is 0 Å². The number of carbonyl (C=O) groups is 1. The molecule has 1 aromatic carbocycles. The molecule has 0 fully saturated rings. The van der Waals surface area contributed by atoms with Crippen molar-refractivity contribution in [3.63, 3.8) is 0 Å². The lowest BCUT2D eigenvalue weighted by Gasteiger charge is -2.05. The standard InChI is InChI=1S/C10H9ClFN5O/c1-17-10(14-15-16-17)4-9(18)5-2-7(12)6(11)3-8(5)13/h2-3H,4,13H2,1H3. The SMILES string of the molecule is Cn1nnnc1CC(=O)c1cc(F)c(Cl)cc1N. The van der Waals surface area contributed by atoms with Crippen LogP contribution in [0.4, 0.5) is 10.1 Å². The van der Waals surface area contributed by atoms with Gasteiger partial charge < -0.3 is 5.73 Å². The minimum Gasteiger partial charge on any atom is -0.398 e. The van der Waals surface area contributed by atoms with Crippen molar-refractivity contribution in [1.82, 2.24) is 20.2 Å². The zero-order valence-corrected chi connectivity index (χ0v) is 10.1. The number of rotatable bonds is 3. The van der Waals surface area contributed by atoms with Gasteiger partial charge in [0.15, 0.2) is 11.6 Å². The highest BCUT2D eigenvalue weighted by Crippen LogP contribution is 2.23. The maximum atomic E-state index is 13.3. The second-order valence-corrected chi connectivity index (χ2v) is 4.08. The van der Waals surface area contributed by atoms with Crippen LogP contribution >= 0.6 is 11.6 Å². The molecule has 0 amide bonds. The van der Waals surface area contributed by atoms with Crippen LogP contribution in [0, 0.1) is 5.82 Å². The Labute approximate surface area is 107 Å². The van der Waals surface area contributed by atoms with Gasteiger partial charge in [0.2, 0.25) is 0 Å². The highest BCUT2D eigenvalue weighted by atomic mass is 35.5. The van der Waals surface area contributed by atoms with Gasteiger partial charge >= 0.3 is 0 Å². The zero-order valence-electron chi connectivity index (χ0n) is 9.39. The Morgan fingerprint density at radius 2 is 2.28 bits per heavy atom. The highest BCUT2D eigenvalue weighted by Gasteiger charge is 2.16. The fraction of sp³-hybridized carbons (Fsp3) is 0.200. The third-order valence-corrected chi connectivity index (χ3v) is 2.71. The number of aryl methyl sites for hydroxylation is 1. The summed E-state index contributed by atoms with van der Waals surface area (Å²) in [4.78, 5) is 11.9. The second kappa shape index (κ2) is 4.69. The van der Waals surface area contributed by atoms with E-state index in [1.165, 1.54) is 10.7 Å². The molecule has 18 heavy (non-hydrogen) atoms. The summed E-state index contributed by atoms with van der Waals surface area (Å²) in [6.45, 7) is 0. The highest BCUT2D eigenvalue weighted by molar-refractivity contribution is 6.31. The average molecular weight is 270 g/mol. The van der Waals surface area contributed by atoms with E-state index in [0.717, 1.165) is 6.07 Å². The molecule has 2 aromatic rings. The lowest BCUT2D eigenvalue weighted by molar-refractivity contribution is 0.0990. The molecule has 0 spiro atoms. The third kappa shape index (κ3) is 2.30. The molecule has 6 nitrogen and oxygen atoms in total. The number of nitrogens with two attached hydrogens (primary N) is 1. The molecule has 0 aliphatic heterocycles. The lowest BCUT2D eigenvalue weighted by Crippen LogP contribution is -2.11. The van der Waals surface area contributed by atoms with Crippen LogP contribution in [0.3, 0.4) is 0 Å². The normalized spacial score (nSPS) is 10.6. The van der Waals surface area contributed by atoms with Crippen LogP contribution in [0.5, 0.6) is 0 Å². The van der Waals surface area contributed by atoms with Crippen LogP contribution in [0.2, 0.25) is 5.02 Å². The molecule has 2 N–H and O–H groups in total. The summed E-state index contributed by atoms with van der Waals surface area (Å²) in [5.74, 6) is -0.693. The zero-order chi connectivity index (χ0) is 13.3. The molecule has 8 heteroatoms. The summed E-state index contributed by atoms with van der Waals surface area (Å²) in [6, 6.07) is 2.23. The van der Waals surface area contributed by atoms with E-state index < -0.39 is 5.82 Å². The van der Waals surface area contributed by atoms with E-state index in [9.17, 15) is 9.18 Å². The van der Waals surface area contributed by atoms with Gasteiger partial charge in [0.1, 0.15) is 5.82 Å². The third-order valence-electron chi connectivity index (χ3n) is 2.42. The molecule has 1 heterocycles. The van der Waals surface area contributed by atoms with E-state index in [0.29, 0.717) is 5.82 Å². The number of carbonyl (C=O) groups excluding carboxylic acids is 1. The smallest absolute Gasteiger partial charge is 0.172 e. The van der Waals surface area contributed by atoms with E-state index in [-0.39, 0.29) is 28.5 Å². The van der Waals surface area contributed by atoms with Crippen molar-refractivity contribution in [3.8, 4) is 0 Å². The van der Waals surface area contributed by atoms with Crippen molar-refractivity contribution in [1.29, 1.82) is 0 Å². The molecule has 1 aromatic heterocycles. The second-order valence-electron chi connectivity index (χ2n) is 3.67. The number of halogens is 2. The molecular weight excluding hydrogens is 261 g/mol. The molecule has 0 unspecified atom stereocenters. The van der Waals surface area contributed by atoms with E-state index in [4.69, 9.17) is 17.3 Å². The summed E-state index contributed by atoms with van der Waals surface area (Å²) in [6.07, 6.45) is -0.0607. The Bertz CT molecular complexity index is 612. The van der Waals surface area contributed by atoms with E-state index in [2.05, 4.69) is 15.5 Å². The van der Waals surface area contributed by atoms with Crippen molar-refractivity contribution in [2.24, 2.45) is 7.05 Å². The molecule has 0 aliphatic rings. The van der Waals surface area contributed by atoms with Gasteiger partial charge in [-0.2, -0.15) is 0 Å². The minimum atomic E-state index is -0.690. The quantitative estimate of drug-likeness (QED) is 0.664. The number of hydrogen-bond donors (Lipinski definition) is 1. The van der Waals surface area contributed by atoms with Gasteiger partial charge in [-0.3, -0.25) is 4.79 Å². The van der Waals surface area contributed by atoms with Crippen LogP contribution in [0.25, 0.3) is 0 Å². The van der Waals surface area contributed by atoms with Crippen molar-refractivity contribution < 1.29 is 9.18 Å². The number of anilines is 1. The van der Waals surface area contributed by atoms with Gasteiger partial charge in [-0.15, -0.1) is 5.10 Å². The number of tetrazole rings is 1. The molecule has 0 saturated carbocycles. The molecule has 0 saturated heterocycles. The number of nitrogen functional groups attached to an aromatic ring is 1. The number of hydrogen-bond acceptors (Lipinski definition) is 5. The van der Waals surface area contributed by atoms with Crippen LogP contribution in [0.15, 0.2) is 12.1 Å². The monoisotopic (exact) mass is 269 g/mol. The van der Waals surface area contributed by atoms with Gasteiger partial charge in [0, 0.05) is 18.3 Å². The Morgan fingerprint density at radius 3 is 2.89 bits per heavy atom. The van der Waals surface area contributed by atoms with Crippen LogP contribution in [0.1, 0.15) is 16.2 Å². The van der Waals surface area contributed by atoms with Gasteiger partial charge in [0.05, 0.1) is 11.4 Å². The predicted octanol–water partition coefficient (Wildman–Crippen LogP) is 1.01. The van der Waals surface area contributed by atoms with Gasteiger partial charge in [0.25, 0.3) is 0 Å². The van der Waals surface area contributed by atoms with Crippen molar-refractivity contribution in [3.05, 3.63) is 34.4 Å². The summed E-state index contributed by atoms with van der Waals surface area (Å²) in [5.41, 5.74) is 5.82. The molecule has 94 valence electrons. The van der Waals surface area contributed by atoms with Crippen molar-refractivity contribution in [2.75, 3.05) is 5.73 Å². The van der Waals surface area contributed by atoms with Crippen molar-refractivity contribution >= 4 is 23.1 Å². The maximum Gasteiger partial charge on any atom is 0.172 e. The molecule has 0 atom stereocenters. The van der Waals surface area contributed by atoms with E-state index in [1.54, 1.807) is 7.05 Å². The molecule has 0 radical (unpaired) electrons. The van der Waals surface area contributed by atoms with Crippen molar-refractivity contribution in [2.45, 2.75) is 6.42 Å². The molecule has 0 bridgehead atoms. The summed E-state index contributed by atoms with van der Waals surface area (Å²) < 4.78 is 14.7. The Kier molecular flexibility index (Phi) is 3.24. The Balaban J connectivity index is 2.30. The number of nitrogens with zero attached hydrogens (tertiary/aromatic N) is 4. The first-order valence-electron chi connectivity index (χ1n) is 4.98. The number of Topliss-reactive ketones (excluding diaryl/α,β-unsaturated/α-hetero) is 1. The molecule has 2 rings (SSSR count). The number of ketones is 1.